The lowest BCUT2D eigenvalue weighted by atomic mass is 9.80. The zero-order valence-corrected chi connectivity index (χ0v) is 22.6. The average Bonchev–Trinajstić information content (AvgIpc) is 3.29. The predicted molar refractivity (Wildman–Crippen MR) is 159 cm³/mol. The second-order valence-electron chi connectivity index (χ2n) is 10.3. The fraction of sp³-hybridized carbons (Fsp3) is 0.200. The van der Waals surface area contributed by atoms with Crippen LogP contribution in [0.4, 0.5) is 0 Å². The maximum absolute atomic E-state index is 14.3. The molecule has 5 aromatic rings. The minimum Gasteiger partial charge on any atom is -0.426 e. The standard InChI is InChI=1S/C35H32N2O3/c1-25(38)40-32-22-12-20-30-26(17-11-21-31(30)32)23-24-36-33(27-13-5-2-6-14-27)34(28-15-7-3-8-16-28)37(35(36)39)29-18-9-4-10-19-29/h2-10,12-16,18-20,22,26H,11,17,21,23-24H2,1H3. The molecule has 0 saturated carbocycles. The van der Waals surface area contributed by atoms with E-state index >= 15 is 0 Å². The van der Waals surface area contributed by atoms with Gasteiger partial charge in [0.1, 0.15) is 5.75 Å². The van der Waals surface area contributed by atoms with Crippen LogP contribution >= 0.6 is 0 Å². The zero-order chi connectivity index (χ0) is 27.5. The van der Waals surface area contributed by atoms with E-state index in [2.05, 4.69) is 30.3 Å². The maximum atomic E-state index is 14.3. The number of hydrogen-bond acceptors (Lipinski definition) is 3. The van der Waals surface area contributed by atoms with Crippen LogP contribution in [0.5, 0.6) is 5.75 Å². The summed E-state index contributed by atoms with van der Waals surface area (Å²) in [4.78, 5) is 26.0. The monoisotopic (exact) mass is 528 g/mol. The van der Waals surface area contributed by atoms with Crippen LogP contribution in [0.2, 0.25) is 0 Å². The molecule has 6 rings (SSSR count). The average molecular weight is 529 g/mol. The molecule has 0 saturated heterocycles. The molecule has 0 N–H and O–H groups in total. The van der Waals surface area contributed by atoms with Gasteiger partial charge in [-0.2, -0.15) is 0 Å². The fourth-order valence-electron chi connectivity index (χ4n) is 6.07. The Balaban J connectivity index is 1.48. The quantitative estimate of drug-likeness (QED) is 0.163. The minimum absolute atomic E-state index is 0.0476. The van der Waals surface area contributed by atoms with Crippen molar-refractivity contribution in [2.45, 2.75) is 45.1 Å². The molecule has 200 valence electrons. The maximum Gasteiger partial charge on any atom is 0.333 e. The summed E-state index contributed by atoms with van der Waals surface area (Å²) in [6, 6.07) is 36.2. The van der Waals surface area contributed by atoms with Crippen LogP contribution in [-0.4, -0.2) is 15.1 Å². The van der Waals surface area contributed by atoms with Crippen molar-refractivity contribution in [3.63, 3.8) is 0 Å². The fourth-order valence-corrected chi connectivity index (χ4v) is 6.07. The van der Waals surface area contributed by atoms with Gasteiger partial charge < -0.3 is 4.74 Å². The van der Waals surface area contributed by atoms with Crippen LogP contribution in [0.1, 0.15) is 43.2 Å². The molecule has 1 aliphatic carbocycles. The smallest absolute Gasteiger partial charge is 0.333 e. The molecule has 1 heterocycles. The summed E-state index contributed by atoms with van der Waals surface area (Å²) in [5, 5.41) is 0. The van der Waals surface area contributed by atoms with E-state index < -0.39 is 0 Å². The van der Waals surface area contributed by atoms with Gasteiger partial charge in [0.05, 0.1) is 17.1 Å². The van der Waals surface area contributed by atoms with Crippen molar-refractivity contribution < 1.29 is 9.53 Å². The highest BCUT2D eigenvalue weighted by Gasteiger charge is 2.27. The summed E-state index contributed by atoms with van der Waals surface area (Å²) in [5.74, 6) is 0.638. The number of para-hydroxylation sites is 1. The number of rotatable bonds is 7. The van der Waals surface area contributed by atoms with E-state index in [1.807, 2.05) is 88.0 Å². The largest absolute Gasteiger partial charge is 0.426 e. The van der Waals surface area contributed by atoms with Gasteiger partial charge in [-0.1, -0.05) is 91.0 Å². The lowest BCUT2D eigenvalue weighted by Crippen LogP contribution is -2.25. The summed E-state index contributed by atoms with van der Waals surface area (Å²) in [6.07, 6.45) is 3.77. The Morgan fingerprint density at radius 1 is 0.800 bits per heavy atom. The van der Waals surface area contributed by atoms with E-state index in [0.717, 1.165) is 59.4 Å². The number of aromatic nitrogens is 2. The van der Waals surface area contributed by atoms with Crippen LogP contribution in [0.15, 0.2) is 114 Å². The van der Waals surface area contributed by atoms with Gasteiger partial charge in [0.15, 0.2) is 0 Å². The summed E-state index contributed by atoms with van der Waals surface area (Å²) in [6.45, 7) is 2.02. The van der Waals surface area contributed by atoms with E-state index in [0.29, 0.717) is 12.3 Å². The third kappa shape index (κ3) is 4.91. The molecule has 0 spiro atoms. The highest BCUT2D eigenvalue weighted by molar-refractivity contribution is 5.80. The Bertz CT molecular complexity index is 1690. The molecule has 5 nitrogen and oxygen atoms in total. The normalized spacial score (nSPS) is 14.5. The molecule has 1 atom stereocenters. The van der Waals surface area contributed by atoms with Gasteiger partial charge in [-0.3, -0.25) is 13.9 Å². The second-order valence-corrected chi connectivity index (χ2v) is 10.3. The lowest BCUT2D eigenvalue weighted by Gasteiger charge is -2.27. The molecule has 0 aliphatic heterocycles. The summed E-state index contributed by atoms with van der Waals surface area (Å²) < 4.78 is 9.35. The van der Waals surface area contributed by atoms with Crippen LogP contribution in [-0.2, 0) is 17.8 Å². The molecular formula is C35H32N2O3. The van der Waals surface area contributed by atoms with Gasteiger partial charge in [-0.25, -0.2) is 4.79 Å². The van der Waals surface area contributed by atoms with E-state index in [-0.39, 0.29) is 17.6 Å². The van der Waals surface area contributed by atoms with E-state index in [1.54, 1.807) is 0 Å². The van der Waals surface area contributed by atoms with Gasteiger partial charge in [0.25, 0.3) is 0 Å². The third-order valence-corrected chi connectivity index (χ3v) is 7.79. The Labute approximate surface area is 234 Å². The van der Waals surface area contributed by atoms with Gasteiger partial charge in [0.2, 0.25) is 0 Å². The predicted octanol–water partition coefficient (Wildman–Crippen LogP) is 7.41. The van der Waals surface area contributed by atoms with Crippen molar-refractivity contribution >= 4 is 5.97 Å². The number of imidazole rings is 1. The number of ether oxygens (including phenoxy) is 1. The van der Waals surface area contributed by atoms with Gasteiger partial charge in [-0.05, 0) is 60.9 Å². The van der Waals surface area contributed by atoms with Crippen molar-refractivity contribution in [2.24, 2.45) is 0 Å². The number of benzene rings is 4. The number of nitrogens with zero attached hydrogens (tertiary/aromatic N) is 2. The lowest BCUT2D eigenvalue weighted by molar-refractivity contribution is -0.131. The van der Waals surface area contributed by atoms with Crippen molar-refractivity contribution in [1.29, 1.82) is 0 Å². The first-order valence-corrected chi connectivity index (χ1v) is 13.9. The SMILES string of the molecule is CC(=O)Oc1cccc2c1CCCC2CCn1c(-c2ccccc2)c(-c2ccccc2)n(-c2ccccc2)c1=O. The van der Waals surface area contributed by atoms with E-state index in [9.17, 15) is 9.59 Å². The Morgan fingerprint density at radius 2 is 1.43 bits per heavy atom. The number of carbonyl (C=O) groups excluding carboxylic acids is 1. The number of esters is 1. The first kappa shape index (κ1) is 25.6. The molecule has 0 radical (unpaired) electrons. The number of hydrogen-bond donors (Lipinski definition) is 0. The zero-order valence-electron chi connectivity index (χ0n) is 22.6. The van der Waals surface area contributed by atoms with Crippen LogP contribution in [0, 0.1) is 0 Å². The molecule has 1 unspecified atom stereocenters. The highest BCUT2D eigenvalue weighted by atomic mass is 16.5. The molecule has 1 aliphatic rings. The molecule has 1 aromatic heterocycles. The molecule has 0 amide bonds. The Morgan fingerprint density at radius 3 is 2.08 bits per heavy atom. The molecule has 40 heavy (non-hydrogen) atoms. The van der Waals surface area contributed by atoms with Crippen molar-refractivity contribution in [3.05, 3.63) is 131 Å². The Hall–Kier alpha value is -4.64. The minimum atomic E-state index is -0.301. The van der Waals surface area contributed by atoms with Crippen LogP contribution < -0.4 is 10.4 Å². The molecular weight excluding hydrogens is 496 g/mol. The molecule has 4 aromatic carbocycles. The van der Waals surface area contributed by atoms with Gasteiger partial charge in [0, 0.05) is 24.6 Å². The van der Waals surface area contributed by atoms with Crippen molar-refractivity contribution in [1.82, 2.24) is 9.13 Å². The summed E-state index contributed by atoms with van der Waals surface area (Å²) >= 11 is 0. The van der Waals surface area contributed by atoms with Gasteiger partial charge in [-0.15, -0.1) is 0 Å². The van der Waals surface area contributed by atoms with E-state index in [4.69, 9.17) is 4.74 Å². The summed E-state index contributed by atoms with van der Waals surface area (Å²) in [7, 11) is 0. The first-order valence-electron chi connectivity index (χ1n) is 13.9. The highest BCUT2D eigenvalue weighted by Crippen LogP contribution is 2.40. The third-order valence-electron chi connectivity index (χ3n) is 7.79. The number of fused-ring (bicyclic) bond motifs is 1. The number of carbonyl (C=O) groups is 1. The molecule has 0 bridgehead atoms. The van der Waals surface area contributed by atoms with Crippen LogP contribution in [0.25, 0.3) is 28.2 Å². The van der Waals surface area contributed by atoms with Crippen LogP contribution in [0.3, 0.4) is 0 Å². The second kappa shape index (κ2) is 11.2. The molecule has 5 heteroatoms. The molecule has 0 fully saturated rings. The van der Waals surface area contributed by atoms with Crippen molar-refractivity contribution in [2.75, 3.05) is 0 Å². The summed E-state index contributed by atoms with van der Waals surface area (Å²) in [5.41, 5.74) is 6.96. The Kier molecular flexibility index (Phi) is 7.19. The topological polar surface area (TPSA) is 53.2 Å². The van der Waals surface area contributed by atoms with Gasteiger partial charge >= 0.3 is 11.7 Å². The van der Waals surface area contributed by atoms with E-state index in [1.165, 1.54) is 12.5 Å². The first-order chi connectivity index (χ1) is 19.6. The van der Waals surface area contributed by atoms with Crippen molar-refractivity contribution in [3.8, 4) is 34.0 Å².